The maximum Gasteiger partial charge on any atom is 0.315 e. The number of methoxy groups -OCH3 is 1. The monoisotopic (exact) mass is 543 g/mol. The summed E-state index contributed by atoms with van der Waals surface area (Å²) >= 11 is 6.96. The number of carbonyl (C=O) groups excluding carboxylic acids is 1. The first-order valence-electron chi connectivity index (χ1n) is 12.8. The van der Waals surface area contributed by atoms with Crippen molar-refractivity contribution in [2.24, 2.45) is 11.5 Å². The van der Waals surface area contributed by atoms with Crippen LogP contribution in [-0.2, 0) is 17.8 Å². The van der Waals surface area contributed by atoms with E-state index in [1.165, 1.54) is 0 Å². The van der Waals surface area contributed by atoms with Crippen molar-refractivity contribution < 1.29 is 9.53 Å². The normalized spacial score (nSPS) is 19.1. The fourth-order valence-corrected chi connectivity index (χ4v) is 4.87. The van der Waals surface area contributed by atoms with Gasteiger partial charge >= 0.3 is 6.03 Å². The molecule has 3 aromatic rings. The van der Waals surface area contributed by atoms with Crippen LogP contribution in [0.15, 0.2) is 18.3 Å². The molecule has 0 unspecified atom stereocenters. The summed E-state index contributed by atoms with van der Waals surface area (Å²) in [5, 5.41) is 17.6. The second kappa shape index (κ2) is 11.2. The number of nitrogens with one attached hydrogen (secondary N) is 4. The number of benzene rings is 1. The minimum atomic E-state index is -0.231. The van der Waals surface area contributed by atoms with Crippen LogP contribution in [0.5, 0.6) is 0 Å². The van der Waals surface area contributed by atoms with Gasteiger partial charge in [-0.3, -0.25) is 0 Å². The van der Waals surface area contributed by atoms with Gasteiger partial charge in [-0.05, 0) is 37.5 Å². The van der Waals surface area contributed by atoms with Crippen molar-refractivity contribution in [1.29, 1.82) is 0 Å². The third kappa shape index (κ3) is 5.41. The van der Waals surface area contributed by atoms with Crippen LogP contribution >= 0.6 is 11.6 Å². The van der Waals surface area contributed by atoms with E-state index in [1.807, 2.05) is 19.1 Å². The van der Waals surface area contributed by atoms with Gasteiger partial charge in [0.2, 0.25) is 5.95 Å². The number of anilines is 4. The van der Waals surface area contributed by atoms with Gasteiger partial charge in [0, 0.05) is 45.9 Å². The highest BCUT2D eigenvalue weighted by Crippen LogP contribution is 2.38. The summed E-state index contributed by atoms with van der Waals surface area (Å²) in [7, 11) is 1.64. The highest BCUT2D eigenvalue weighted by Gasteiger charge is 2.35. The Morgan fingerprint density at radius 1 is 1.24 bits per heavy atom. The van der Waals surface area contributed by atoms with E-state index in [0.29, 0.717) is 60.3 Å². The van der Waals surface area contributed by atoms with E-state index in [0.717, 1.165) is 29.8 Å². The first-order valence-corrected chi connectivity index (χ1v) is 13.1. The molecule has 204 valence electrons. The Morgan fingerprint density at radius 3 is 2.74 bits per heavy atom. The molecule has 2 fully saturated rings. The molecule has 1 aliphatic heterocycles. The lowest BCUT2D eigenvalue weighted by atomic mass is 10.1. The van der Waals surface area contributed by atoms with Gasteiger partial charge in [-0.2, -0.15) is 4.98 Å². The number of amides is 2. The summed E-state index contributed by atoms with van der Waals surface area (Å²) < 4.78 is 7.37. The van der Waals surface area contributed by atoms with Gasteiger partial charge in [0.15, 0.2) is 11.5 Å². The molecule has 2 amide bonds. The van der Waals surface area contributed by atoms with Gasteiger partial charge in [0.25, 0.3) is 0 Å². The van der Waals surface area contributed by atoms with Gasteiger partial charge in [0.1, 0.15) is 0 Å². The van der Waals surface area contributed by atoms with Crippen LogP contribution in [-0.4, -0.2) is 70.5 Å². The van der Waals surface area contributed by atoms with E-state index < -0.39 is 0 Å². The smallest absolute Gasteiger partial charge is 0.315 e. The van der Waals surface area contributed by atoms with E-state index >= 15 is 0 Å². The predicted molar refractivity (Wildman–Crippen MR) is 147 cm³/mol. The van der Waals surface area contributed by atoms with Crippen molar-refractivity contribution in [2.75, 3.05) is 42.3 Å². The number of nitrogens with two attached hydrogens (primary N) is 2. The lowest BCUT2D eigenvalue weighted by molar-refractivity contribution is 0.0992. The number of hydrogen-bond acceptors (Lipinski definition) is 10. The Balaban J connectivity index is 1.46. The van der Waals surface area contributed by atoms with Crippen LogP contribution in [0, 0.1) is 0 Å². The molecule has 2 aliphatic rings. The fourth-order valence-electron chi connectivity index (χ4n) is 4.59. The van der Waals surface area contributed by atoms with E-state index in [2.05, 4.69) is 36.2 Å². The van der Waals surface area contributed by atoms with Crippen molar-refractivity contribution in [3.8, 4) is 0 Å². The van der Waals surface area contributed by atoms with E-state index in [1.54, 1.807) is 17.8 Å². The lowest BCUT2D eigenvalue weighted by Crippen LogP contribution is -2.48. The molecule has 38 heavy (non-hydrogen) atoms. The standard InChI is InChI=1S/C24H34ClN11O2/c1-3-28-24(37)32-17-11-35(12-19(17)38-2)18-7-13(8-26)6-16(20(18)25)31-23-33-21(30-14-4-5-14)22-29-10-15(9-27)36(22)34-23/h6-7,10,14,17,19H,3-5,8-9,11-12,26-27H2,1-2H3,(H2,28,32,37)(H2,30,31,33,34)/t17-,19+/m0/s1. The first-order chi connectivity index (χ1) is 18.4. The molecule has 2 aromatic heterocycles. The first kappa shape index (κ1) is 26.2. The van der Waals surface area contributed by atoms with Crippen molar-refractivity contribution in [1.82, 2.24) is 30.2 Å². The average Bonchev–Trinajstić information content (AvgIpc) is 3.48. The highest BCUT2D eigenvalue weighted by atomic mass is 35.5. The van der Waals surface area contributed by atoms with E-state index in [4.69, 9.17) is 32.8 Å². The minimum Gasteiger partial charge on any atom is -0.377 e. The number of halogens is 1. The molecule has 0 radical (unpaired) electrons. The summed E-state index contributed by atoms with van der Waals surface area (Å²) in [6.07, 6.45) is 3.68. The van der Waals surface area contributed by atoms with Gasteiger partial charge in [-0.1, -0.05) is 11.6 Å². The molecular weight excluding hydrogens is 510 g/mol. The Kier molecular flexibility index (Phi) is 7.70. The van der Waals surface area contributed by atoms with Gasteiger partial charge in [-0.15, -0.1) is 5.10 Å². The highest BCUT2D eigenvalue weighted by molar-refractivity contribution is 6.36. The number of aromatic nitrogens is 4. The fraction of sp³-hybridized carbons (Fsp3) is 0.500. The number of urea groups is 1. The maximum absolute atomic E-state index is 12.2. The number of nitrogens with zero attached hydrogens (tertiary/aromatic N) is 5. The second-order valence-electron chi connectivity index (χ2n) is 9.49. The maximum atomic E-state index is 12.2. The molecule has 3 heterocycles. The summed E-state index contributed by atoms with van der Waals surface area (Å²) in [6.45, 7) is 4.08. The van der Waals surface area contributed by atoms with Crippen molar-refractivity contribution in [3.05, 3.63) is 34.6 Å². The Labute approximate surface area is 225 Å². The third-order valence-electron chi connectivity index (χ3n) is 6.72. The minimum absolute atomic E-state index is 0.204. The summed E-state index contributed by atoms with van der Waals surface area (Å²) in [6, 6.07) is 3.78. The molecule has 8 N–H and O–H groups in total. The van der Waals surface area contributed by atoms with E-state index in [-0.39, 0.29) is 24.7 Å². The molecular formula is C24H34ClN11O2. The molecule has 1 saturated carbocycles. The number of imidazole rings is 1. The Bertz CT molecular complexity index is 1310. The van der Waals surface area contributed by atoms with Crippen LogP contribution < -0.4 is 37.6 Å². The third-order valence-corrected chi connectivity index (χ3v) is 7.12. The molecule has 14 heteroatoms. The zero-order chi connectivity index (χ0) is 26.8. The van der Waals surface area contributed by atoms with E-state index in [9.17, 15) is 4.79 Å². The molecule has 1 aliphatic carbocycles. The lowest BCUT2D eigenvalue weighted by Gasteiger charge is -2.23. The molecule has 13 nitrogen and oxygen atoms in total. The second-order valence-corrected chi connectivity index (χ2v) is 9.86. The quantitative estimate of drug-likeness (QED) is 0.220. The van der Waals surface area contributed by atoms with Gasteiger partial charge in [-0.25, -0.2) is 14.3 Å². The topological polar surface area (TPSA) is 173 Å². The zero-order valence-electron chi connectivity index (χ0n) is 21.5. The van der Waals surface area contributed by atoms with Crippen LogP contribution in [0.3, 0.4) is 0 Å². The molecule has 0 bridgehead atoms. The molecule has 1 aromatic carbocycles. The molecule has 2 atom stereocenters. The molecule has 0 spiro atoms. The number of fused-ring (bicyclic) bond motifs is 1. The average molecular weight is 544 g/mol. The van der Waals surface area contributed by atoms with Crippen molar-refractivity contribution >= 4 is 46.4 Å². The number of carbonyl (C=O) groups is 1. The summed E-state index contributed by atoms with van der Waals surface area (Å²) in [4.78, 5) is 23.4. The molecule has 1 saturated heterocycles. The Hall–Kier alpha value is -3.39. The van der Waals surface area contributed by atoms with Gasteiger partial charge in [0.05, 0.1) is 40.4 Å². The van der Waals surface area contributed by atoms with Crippen LogP contribution in [0.4, 0.5) is 27.9 Å². The van der Waals surface area contributed by atoms with Crippen LogP contribution in [0.2, 0.25) is 5.02 Å². The predicted octanol–water partition coefficient (Wildman–Crippen LogP) is 1.54. The number of rotatable bonds is 10. The number of hydrogen-bond donors (Lipinski definition) is 6. The largest absolute Gasteiger partial charge is 0.377 e. The van der Waals surface area contributed by atoms with Crippen molar-refractivity contribution in [2.45, 2.75) is 51.0 Å². The van der Waals surface area contributed by atoms with Crippen molar-refractivity contribution in [3.63, 3.8) is 0 Å². The molecule has 5 rings (SSSR count). The summed E-state index contributed by atoms with van der Waals surface area (Å²) in [5.41, 5.74) is 15.6. The SMILES string of the molecule is CCNC(=O)N[C@H]1CN(c2cc(CN)cc(Nc3nc(NC4CC4)c4ncc(CN)n4n3)c2Cl)C[C@H]1OC. The van der Waals surface area contributed by atoms with Crippen LogP contribution in [0.1, 0.15) is 31.0 Å². The number of ether oxygens (including phenoxy) is 1. The summed E-state index contributed by atoms with van der Waals surface area (Å²) in [5.74, 6) is 0.986. The zero-order valence-corrected chi connectivity index (χ0v) is 22.3. The van der Waals surface area contributed by atoms with Crippen LogP contribution in [0.25, 0.3) is 5.65 Å². The Morgan fingerprint density at radius 2 is 2.05 bits per heavy atom. The van der Waals surface area contributed by atoms with Gasteiger partial charge < -0.3 is 42.4 Å².